The predicted octanol–water partition coefficient (Wildman–Crippen LogP) is 2.03. The summed E-state index contributed by atoms with van der Waals surface area (Å²) < 4.78 is 0. The maximum absolute atomic E-state index is 4.46. The van der Waals surface area contributed by atoms with Crippen LogP contribution in [0.15, 0.2) is 50.6 Å². The van der Waals surface area contributed by atoms with E-state index in [0.29, 0.717) is 38.1 Å². The van der Waals surface area contributed by atoms with Crippen LogP contribution in [0.3, 0.4) is 0 Å². The number of rotatable bonds is 10. The fourth-order valence-corrected chi connectivity index (χ4v) is 1.64. The van der Waals surface area contributed by atoms with Crippen molar-refractivity contribution in [1.82, 2.24) is 15.0 Å². The van der Waals surface area contributed by atoms with E-state index in [1.807, 2.05) is 9.80 Å². The van der Waals surface area contributed by atoms with Gasteiger partial charge in [0, 0.05) is 26.2 Å². The van der Waals surface area contributed by atoms with Gasteiger partial charge in [0.15, 0.2) is 0 Å². The van der Waals surface area contributed by atoms with Crippen molar-refractivity contribution in [2.45, 2.75) is 0 Å². The van der Waals surface area contributed by atoms with Crippen LogP contribution >= 0.6 is 0 Å². The molecule has 1 aromatic rings. The summed E-state index contributed by atoms with van der Waals surface area (Å²) in [6.07, 6.45) is 9.80. The van der Waals surface area contributed by atoms with Crippen molar-refractivity contribution in [2.75, 3.05) is 36.0 Å². The van der Waals surface area contributed by atoms with Gasteiger partial charge in [-0.25, -0.2) is 0 Å². The molecule has 0 N–H and O–H groups in total. The number of anilines is 2. The molecular weight excluding hydrogens is 250 g/mol. The van der Waals surface area contributed by atoms with Crippen molar-refractivity contribution >= 4 is 11.9 Å². The molecule has 0 spiro atoms. The third-order valence-electron chi connectivity index (χ3n) is 2.46. The average Bonchev–Trinajstić information content (AvgIpc) is 2.47. The lowest BCUT2D eigenvalue weighted by Gasteiger charge is -2.22. The largest absolute Gasteiger partial charge is 0.333 e. The van der Waals surface area contributed by atoms with Gasteiger partial charge in [-0.3, -0.25) is 0 Å². The number of hydrogen-bond donors (Lipinski definition) is 0. The minimum Gasteiger partial charge on any atom is -0.333 e. The molecule has 0 aliphatic carbocycles. The summed E-state index contributed by atoms with van der Waals surface area (Å²) in [7, 11) is 0. The molecule has 0 unspecified atom stereocenters. The van der Waals surface area contributed by atoms with E-state index < -0.39 is 0 Å². The quantitative estimate of drug-likeness (QED) is 0.609. The van der Waals surface area contributed by atoms with E-state index in [4.69, 9.17) is 0 Å². The molecule has 1 radical (unpaired) electrons. The Morgan fingerprint density at radius 2 is 1.10 bits per heavy atom. The monoisotopic (exact) mass is 270 g/mol. The van der Waals surface area contributed by atoms with Gasteiger partial charge < -0.3 is 9.80 Å². The van der Waals surface area contributed by atoms with Crippen LogP contribution in [0, 0.1) is 6.33 Å². The molecule has 0 aromatic carbocycles. The summed E-state index contributed by atoms with van der Waals surface area (Å²) in [5, 5.41) is 0. The molecule has 0 aliphatic rings. The number of aromatic nitrogens is 3. The van der Waals surface area contributed by atoms with Crippen LogP contribution in [0.5, 0.6) is 0 Å². The Balaban J connectivity index is 3.01. The second-order valence-electron chi connectivity index (χ2n) is 4.00. The van der Waals surface area contributed by atoms with Gasteiger partial charge in [-0.05, 0) is 0 Å². The Bertz CT molecular complexity index is 410. The van der Waals surface area contributed by atoms with E-state index >= 15 is 0 Å². The van der Waals surface area contributed by atoms with Gasteiger partial charge in [-0.15, -0.1) is 26.3 Å². The Kier molecular flexibility index (Phi) is 6.75. The molecule has 0 saturated carbocycles. The van der Waals surface area contributed by atoms with Crippen molar-refractivity contribution in [3.8, 4) is 0 Å². The van der Waals surface area contributed by atoms with Gasteiger partial charge >= 0.3 is 0 Å². The van der Waals surface area contributed by atoms with Crippen LogP contribution in [0.1, 0.15) is 0 Å². The third kappa shape index (κ3) is 4.35. The van der Waals surface area contributed by atoms with E-state index in [1.165, 1.54) is 0 Å². The van der Waals surface area contributed by atoms with E-state index in [2.05, 4.69) is 47.6 Å². The van der Waals surface area contributed by atoms with Crippen LogP contribution in [-0.4, -0.2) is 41.1 Å². The fourth-order valence-electron chi connectivity index (χ4n) is 1.64. The van der Waals surface area contributed by atoms with E-state index in [0.717, 1.165) is 0 Å². The summed E-state index contributed by atoms with van der Waals surface area (Å²) in [6, 6.07) is 0. The summed E-state index contributed by atoms with van der Waals surface area (Å²) >= 11 is 0. The maximum atomic E-state index is 4.46. The van der Waals surface area contributed by atoms with Crippen molar-refractivity contribution in [3.05, 3.63) is 56.9 Å². The van der Waals surface area contributed by atoms with Crippen molar-refractivity contribution in [2.24, 2.45) is 0 Å². The highest BCUT2D eigenvalue weighted by Crippen LogP contribution is 2.12. The van der Waals surface area contributed by atoms with Gasteiger partial charge in [0.1, 0.15) is 0 Å². The zero-order valence-electron chi connectivity index (χ0n) is 11.7. The predicted molar refractivity (Wildman–Crippen MR) is 83.9 cm³/mol. The highest BCUT2D eigenvalue weighted by atomic mass is 15.3. The maximum Gasteiger partial charge on any atom is 0.231 e. The summed E-state index contributed by atoms with van der Waals surface area (Å²) in [5.41, 5.74) is 0. The Hall–Kier alpha value is -2.43. The SMILES string of the molecule is C=CCN(CC=C)c1n[c]nc(N(CC=C)CC=C)n1. The van der Waals surface area contributed by atoms with Gasteiger partial charge in [-0.1, -0.05) is 24.3 Å². The van der Waals surface area contributed by atoms with E-state index in [-0.39, 0.29) is 0 Å². The second kappa shape index (κ2) is 8.63. The molecule has 1 aromatic heterocycles. The molecule has 1 rings (SSSR count). The molecule has 0 amide bonds. The highest BCUT2D eigenvalue weighted by Gasteiger charge is 2.12. The summed E-state index contributed by atoms with van der Waals surface area (Å²) in [6.45, 7) is 17.4. The zero-order chi connectivity index (χ0) is 14.8. The molecular formula is C15H20N5. The standard InChI is InChI=1S/C15H20N5/c1-5-9-19(10-6-2)14-16-13-17-15(18-14)20(11-7-3)12-8-4/h5-8H,1-4,9-12H2. The van der Waals surface area contributed by atoms with Gasteiger partial charge in [0.25, 0.3) is 0 Å². The van der Waals surface area contributed by atoms with E-state index in [1.54, 1.807) is 24.3 Å². The third-order valence-corrected chi connectivity index (χ3v) is 2.46. The minimum atomic E-state index is 0.549. The molecule has 105 valence electrons. The van der Waals surface area contributed by atoms with Crippen LogP contribution < -0.4 is 9.80 Å². The molecule has 0 saturated heterocycles. The molecule has 0 fully saturated rings. The molecule has 0 bridgehead atoms. The Morgan fingerprint density at radius 1 is 0.750 bits per heavy atom. The molecule has 5 nitrogen and oxygen atoms in total. The Morgan fingerprint density at radius 3 is 1.40 bits per heavy atom. The van der Waals surface area contributed by atoms with Gasteiger partial charge in [0.05, 0.1) is 0 Å². The van der Waals surface area contributed by atoms with E-state index in [9.17, 15) is 0 Å². The van der Waals surface area contributed by atoms with Crippen molar-refractivity contribution in [1.29, 1.82) is 0 Å². The van der Waals surface area contributed by atoms with Crippen LogP contribution in [0.4, 0.5) is 11.9 Å². The summed E-state index contributed by atoms with van der Waals surface area (Å²) in [5.74, 6) is 1.10. The Labute approximate surface area is 120 Å². The lowest BCUT2D eigenvalue weighted by atomic mass is 10.4. The first-order valence-electron chi connectivity index (χ1n) is 6.32. The first kappa shape index (κ1) is 15.6. The molecule has 1 heterocycles. The minimum absolute atomic E-state index is 0.549. The normalized spacial score (nSPS) is 9.60. The average molecular weight is 270 g/mol. The first-order chi connectivity index (χ1) is 9.76. The van der Waals surface area contributed by atoms with Crippen molar-refractivity contribution in [3.63, 3.8) is 0 Å². The van der Waals surface area contributed by atoms with Gasteiger partial charge in [0.2, 0.25) is 18.2 Å². The van der Waals surface area contributed by atoms with Crippen LogP contribution in [0.2, 0.25) is 0 Å². The smallest absolute Gasteiger partial charge is 0.231 e. The number of nitrogens with zero attached hydrogens (tertiary/aromatic N) is 5. The molecule has 5 heteroatoms. The first-order valence-corrected chi connectivity index (χ1v) is 6.32. The summed E-state index contributed by atoms with van der Waals surface area (Å²) in [4.78, 5) is 16.5. The fraction of sp³-hybridized carbons (Fsp3) is 0.267. The zero-order valence-corrected chi connectivity index (χ0v) is 11.7. The lowest BCUT2D eigenvalue weighted by molar-refractivity contribution is 0.827. The topological polar surface area (TPSA) is 45.2 Å². The highest BCUT2D eigenvalue weighted by molar-refractivity contribution is 5.39. The molecule has 20 heavy (non-hydrogen) atoms. The molecule has 0 atom stereocenters. The second-order valence-corrected chi connectivity index (χ2v) is 4.00. The number of hydrogen-bond acceptors (Lipinski definition) is 5. The van der Waals surface area contributed by atoms with Gasteiger partial charge in [-0.2, -0.15) is 15.0 Å². The van der Waals surface area contributed by atoms with Crippen LogP contribution in [-0.2, 0) is 0 Å². The van der Waals surface area contributed by atoms with Crippen molar-refractivity contribution < 1.29 is 0 Å². The molecule has 0 aliphatic heterocycles. The van der Waals surface area contributed by atoms with Crippen LogP contribution in [0.25, 0.3) is 0 Å². The lowest BCUT2D eigenvalue weighted by Crippen LogP contribution is -2.29.